The van der Waals surface area contributed by atoms with Crippen LogP contribution < -0.4 is 10.6 Å². The van der Waals surface area contributed by atoms with Crippen LogP contribution in [0.4, 0.5) is 20.6 Å². The fourth-order valence-corrected chi connectivity index (χ4v) is 1.51. The molecule has 18 heavy (non-hydrogen) atoms. The van der Waals surface area contributed by atoms with Gasteiger partial charge in [0.05, 0.1) is 11.9 Å². The van der Waals surface area contributed by atoms with Gasteiger partial charge >= 0.3 is 6.03 Å². The van der Waals surface area contributed by atoms with Crippen molar-refractivity contribution in [2.24, 2.45) is 0 Å². The van der Waals surface area contributed by atoms with Crippen molar-refractivity contribution >= 4 is 33.3 Å². The number of anilines is 2. The first kappa shape index (κ1) is 12.5. The Morgan fingerprint density at radius 3 is 2.28 bits per heavy atom. The lowest BCUT2D eigenvalue weighted by Crippen LogP contribution is -2.19. The molecule has 92 valence electrons. The van der Waals surface area contributed by atoms with Crippen LogP contribution in [0.3, 0.4) is 0 Å². The number of rotatable bonds is 2. The second-order valence-electron chi connectivity index (χ2n) is 3.46. The van der Waals surface area contributed by atoms with E-state index in [1.165, 1.54) is 30.5 Å². The third kappa shape index (κ3) is 3.53. The Morgan fingerprint density at radius 1 is 1.06 bits per heavy atom. The minimum atomic E-state index is -0.411. The largest absolute Gasteiger partial charge is 0.323 e. The summed E-state index contributed by atoms with van der Waals surface area (Å²) in [5.74, 6) is -0.349. The molecule has 0 bridgehead atoms. The average Bonchev–Trinajstić information content (AvgIpc) is 2.35. The summed E-state index contributed by atoms with van der Waals surface area (Å²) >= 11 is 3.20. The molecule has 0 aliphatic rings. The third-order valence-corrected chi connectivity index (χ3v) is 2.56. The Bertz CT molecular complexity index is 493. The smallest absolute Gasteiger partial charge is 0.308 e. The summed E-state index contributed by atoms with van der Waals surface area (Å²) in [6.07, 6.45) is 1.52. The maximum absolute atomic E-state index is 12.7. The van der Waals surface area contributed by atoms with E-state index in [-0.39, 0.29) is 5.82 Å². The molecule has 0 aliphatic carbocycles. The van der Waals surface area contributed by atoms with Crippen molar-refractivity contribution in [3.63, 3.8) is 0 Å². The lowest BCUT2D eigenvalue weighted by atomic mass is 10.3. The van der Waals surface area contributed by atoms with Gasteiger partial charge in [-0.05, 0) is 52.3 Å². The van der Waals surface area contributed by atoms with E-state index < -0.39 is 6.03 Å². The Balaban J connectivity index is 1.96. The number of urea groups is 1. The van der Waals surface area contributed by atoms with Gasteiger partial charge in [0.1, 0.15) is 10.4 Å². The van der Waals surface area contributed by atoms with E-state index in [1.807, 2.05) is 0 Å². The minimum Gasteiger partial charge on any atom is -0.308 e. The van der Waals surface area contributed by atoms with Crippen LogP contribution in [0, 0.1) is 5.82 Å². The van der Waals surface area contributed by atoms with Gasteiger partial charge in [0.15, 0.2) is 0 Å². The van der Waals surface area contributed by atoms with E-state index in [9.17, 15) is 9.18 Å². The number of carbonyl (C=O) groups is 1. The fourth-order valence-electron chi connectivity index (χ4n) is 1.28. The van der Waals surface area contributed by atoms with E-state index >= 15 is 0 Å². The molecular formula is C12H9BrFN3O. The van der Waals surface area contributed by atoms with Gasteiger partial charge < -0.3 is 10.6 Å². The summed E-state index contributed by atoms with van der Waals surface area (Å²) in [7, 11) is 0. The molecule has 2 rings (SSSR count). The number of hydrogen-bond acceptors (Lipinski definition) is 2. The Hall–Kier alpha value is -1.95. The number of amides is 2. The maximum Gasteiger partial charge on any atom is 0.323 e. The van der Waals surface area contributed by atoms with Crippen LogP contribution in [0.5, 0.6) is 0 Å². The van der Waals surface area contributed by atoms with Crippen molar-refractivity contribution < 1.29 is 9.18 Å². The van der Waals surface area contributed by atoms with E-state index in [0.717, 1.165) is 0 Å². The number of carbonyl (C=O) groups excluding carboxylic acids is 1. The second kappa shape index (κ2) is 5.59. The van der Waals surface area contributed by atoms with Gasteiger partial charge in [0.25, 0.3) is 0 Å². The highest BCUT2D eigenvalue weighted by Crippen LogP contribution is 2.12. The highest BCUT2D eigenvalue weighted by Gasteiger charge is 2.02. The third-order valence-electron chi connectivity index (χ3n) is 2.09. The number of nitrogens with one attached hydrogen (secondary N) is 2. The molecule has 0 saturated heterocycles. The normalized spacial score (nSPS) is 9.89. The SMILES string of the molecule is O=C(Nc1ccc(F)cc1)Nc1ccc(Br)nc1. The van der Waals surface area contributed by atoms with E-state index in [1.54, 1.807) is 12.1 Å². The molecule has 0 unspecified atom stereocenters. The Morgan fingerprint density at radius 2 is 1.67 bits per heavy atom. The highest BCUT2D eigenvalue weighted by molar-refractivity contribution is 9.10. The Kier molecular flexibility index (Phi) is 3.88. The molecule has 0 saturated carbocycles. The van der Waals surface area contributed by atoms with E-state index in [2.05, 4.69) is 31.5 Å². The topological polar surface area (TPSA) is 54.0 Å². The van der Waals surface area contributed by atoms with Gasteiger partial charge in [0, 0.05) is 5.69 Å². The molecule has 2 amide bonds. The first-order valence-corrected chi connectivity index (χ1v) is 5.88. The first-order chi connectivity index (χ1) is 8.63. The summed E-state index contributed by atoms with van der Waals surface area (Å²) in [5.41, 5.74) is 1.08. The predicted molar refractivity (Wildman–Crippen MR) is 71.0 cm³/mol. The molecule has 0 spiro atoms. The fraction of sp³-hybridized carbons (Fsp3) is 0. The maximum atomic E-state index is 12.7. The molecule has 2 N–H and O–H groups in total. The summed E-state index contributed by atoms with van der Waals surface area (Å²) in [6.45, 7) is 0. The van der Waals surface area contributed by atoms with Gasteiger partial charge in [-0.2, -0.15) is 0 Å². The summed E-state index contributed by atoms with van der Waals surface area (Å²) in [6, 6.07) is 8.53. The number of benzene rings is 1. The van der Waals surface area contributed by atoms with Gasteiger partial charge in [-0.25, -0.2) is 14.2 Å². The molecule has 0 atom stereocenters. The van der Waals surface area contributed by atoms with Gasteiger partial charge in [0.2, 0.25) is 0 Å². The van der Waals surface area contributed by atoms with Crippen LogP contribution in [-0.2, 0) is 0 Å². The van der Waals surface area contributed by atoms with Crippen molar-refractivity contribution in [2.45, 2.75) is 0 Å². The monoisotopic (exact) mass is 309 g/mol. The zero-order valence-electron chi connectivity index (χ0n) is 9.15. The molecule has 4 nitrogen and oxygen atoms in total. The summed E-state index contributed by atoms with van der Waals surface area (Å²) in [4.78, 5) is 15.6. The summed E-state index contributed by atoms with van der Waals surface area (Å²) < 4.78 is 13.4. The Labute approximate surface area is 111 Å². The molecular weight excluding hydrogens is 301 g/mol. The molecule has 0 radical (unpaired) electrons. The van der Waals surface area contributed by atoms with Crippen LogP contribution in [0.15, 0.2) is 47.2 Å². The standard InChI is InChI=1S/C12H9BrFN3O/c13-11-6-5-10(7-15-11)17-12(18)16-9-3-1-8(14)2-4-9/h1-7H,(H2,16,17,18). The first-order valence-electron chi connectivity index (χ1n) is 5.08. The van der Waals surface area contributed by atoms with Crippen LogP contribution >= 0.6 is 15.9 Å². The average molecular weight is 310 g/mol. The van der Waals surface area contributed by atoms with Crippen molar-refractivity contribution in [1.29, 1.82) is 0 Å². The zero-order chi connectivity index (χ0) is 13.0. The molecule has 1 heterocycles. The van der Waals surface area contributed by atoms with Crippen LogP contribution in [0.1, 0.15) is 0 Å². The molecule has 6 heteroatoms. The van der Waals surface area contributed by atoms with E-state index in [0.29, 0.717) is 16.0 Å². The number of pyridine rings is 1. The lowest BCUT2D eigenvalue weighted by Gasteiger charge is -2.07. The highest BCUT2D eigenvalue weighted by atomic mass is 79.9. The van der Waals surface area contributed by atoms with Crippen LogP contribution in [0.25, 0.3) is 0 Å². The summed E-state index contributed by atoms with van der Waals surface area (Å²) in [5, 5.41) is 5.18. The van der Waals surface area contributed by atoms with Gasteiger partial charge in [-0.15, -0.1) is 0 Å². The van der Waals surface area contributed by atoms with E-state index in [4.69, 9.17) is 0 Å². The zero-order valence-corrected chi connectivity index (χ0v) is 10.7. The van der Waals surface area contributed by atoms with Gasteiger partial charge in [-0.1, -0.05) is 0 Å². The molecule has 1 aromatic heterocycles. The van der Waals surface area contributed by atoms with Crippen LogP contribution in [0.2, 0.25) is 0 Å². The number of hydrogen-bond donors (Lipinski definition) is 2. The minimum absolute atomic E-state index is 0.349. The molecule has 0 aliphatic heterocycles. The quantitative estimate of drug-likeness (QED) is 0.832. The van der Waals surface area contributed by atoms with Crippen molar-refractivity contribution in [3.8, 4) is 0 Å². The molecule has 1 aromatic carbocycles. The van der Waals surface area contributed by atoms with Crippen molar-refractivity contribution in [1.82, 2.24) is 4.98 Å². The van der Waals surface area contributed by atoms with Gasteiger partial charge in [-0.3, -0.25) is 0 Å². The second-order valence-corrected chi connectivity index (χ2v) is 4.27. The van der Waals surface area contributed by atoms with Crippen molar-refractivity contribution in [3.05, 3.63) is 53.0 Å². The lowest BCUT2D eigenvalue weighted by molar-refractivity contribution is 0.262. The van der Waals surface area contributed by atoms with Crippen LogP contribution in [-0.4, -0.2) is 11.0 Å². The number of aromatic nitrogens is 1. The molecule has 0 fully saturated rings. The number of halogens is 2. The predicted octanol–water partition coefficient (Wildman–Crippen LogP) is 3.63. The number of nitrogens with zero attached hydrogens (tertiary/aromatic N) is 1. The van der Waals surface area contributed by atoms with Crippen molar-refractivity contribution in [2.75, 3.05) is 10.6 Å². The molecule has 2 aromatic rings.